The van der Waals surface area contributed by atoms with Gasteiger partial charge in [-0.25, -0.2) is 4.79 Å². The molecule has 1 aromatic heterocycles. The minimum atomic E-state index is -0.0981. The Hall–Kier alpha value is -1.68. The summed E-state index contributed by atoms with van der Waals surface area (Å²) in [5.41, 5.74) is 1.03. The fraction of sp³-hybridized carbons (Fsp3) is 0.714. The summed E-state index contributed by atoms with van der Waals surface area (Å²) in [4.78, 5) is 28.5. The van der Waals surface area contributed by atoms with Crippen LogP contribution in [0.1, 0.15) is 32.3 Å². The fourth-order valence-corrected chi connectivity index (χ4v) is 4.93. The highest BCUT2D eigenvalue weighted by molar-refractivity contribution is 7.07. The molecule has 0 bridgehead atoms. The molecule has 1 aliphatic heterocycles. The van der Waals surface area contributed by atoms with Gasteiger partial charge in [-0.2, -0.15) is 11.3 Å². The van der Waals surface area contributed by atoms with E-state index in [0.29, 0.717) is 32.8 Å². The van der Waals surface area contributed by atoms with Crippen LogP contribution in [-0.2, 0) is 20.8 Å². The molecular formula is C21H34N4O4S. The van der Waals surface area contributed by atoms with E-state index in [4.69, 9.17) is 9.47 Å². The summed E-state index contributed by atoms with van der Waals surface area (Å²) >= 11 is 1.62. The Balaban J connectivity index is 1.59. The molecule has 9 heteroatoms. The van der Waals surface area contributed by atoms with Gasteiger partial charge in [0.15, 0.2) is 0 Å². The zero-order valence-corrected chi connectivity index (χ0v) is 18.8. The minimum absolute atomic E-state index is 0.0645. The molecule has 0 unspecified atom stereocenters. The number of thiophene rings is 1. The van der Waals surface area contributed by atoms with Crippen molar-refractivity contribution in [3.8, 4) is 0 Å². The van der Waals surface area contributed by atoms with Crippen LogP contribution in [0.15, 0.2) is 16.8 Å². The van der Waals surface area contributed by atoms with Gasteiger partial charge in [-0.15, -0.1) is 0 Å². The molecule has 0 aromatic carbocycles. The molecule has 1 saturated carbocycles. The summed E-state index contributed by atoms with van der Waals surface area (Å²) in [7, 11) is 0. The molecule has 1 aliphatic carbocycles. The first-order valence-corrected chi connectivity index (χ1v) is 11.7. The number of ether oxygens (including phenoxy) is 2. The van der Waals surface area contributed by atoms with Crippen LogP contribution in [0.5, 0.6) is 0 Å². The van der Waals surface area contributed by atoms with Crippen molar-refractivity contribution in [2.24, 2.45) is 0 Å². The molecule has 1 aromatic rings. The number of rotatable bonds is 10. The van der Waals surface area contributed by atoms with Gasteiger partial charge in [-0.3, -0.25) is 9.69 Å². The lowest BCUT2D eigenvalue weighted by Gasteiger charge is -2.55. The first-order valence-electron chi connectivity index (χ1n) is 10.7. The molecule has 8 nitrogen and oxygen atoms in total. The van der Waals surface area contributed by atoms with E-state index >= 15 is 0 Å². The molecule has 2 N–H and O–H groups in total. The summed E-state index contributed by atoms with van der Waals surface area (Å²) < 4.78 is 11.3. The number of amides is 3. The molecule has 2 aliphatic rings. The van der Waals surface area contributed by atoms with Crippen molar-refractivity contribution in [2.75, 3.05) is 52.5 Å². The number of urea groups is 1. The molecule has 2 fully saturated rings. The summed E-state index contributed by atoms with van der Waals surface area (Å²) in [5, 5.41) is 10.0. The predicted octanol–water partition coefficient (Wildman–Crippen LogP) is 1.67. The van der Waals surface area contributed by atoms with Crippen LogP contribution in [0.2, 0.25) is 0 Å². The molecule has 1 saturated heterocycles. The lowest BCUT2D eigenvalue weighted by atomic mass is 9.72. The average Bonchev–Trinajstić information content (AvgIpc) is 3.22. The van der Waals surface area contributed by atoms with E-state index < -0.39 is 0 Å². The third-order valence-corrected chi connectivity index (χ3v) is 6.60. The van der Waals surface area contributed by atoms with Crippen molar-refractivity contribution in [3.63, 3.8) is 0 Å². The number of nitrogens with one attached hydrogen (secondary N) is 2. The summed E-state index contributed by atoms with van der Waals surface area (Å²) in [5.74, 6) is -0.0893. The van der Waals surface area contributed by atoms with Gasteiger partial charge in [0.05, 0.1) is 19.3 Å². The van der Waals surface area contributed by atoms with Gasteiger partial charge in [0, 0.05) is 58.3 Å². The lowest BCUT2D eigenvalue weighted by Crippen LogP contribution is -2.67. The second kappa shape index (κ2) is 11.1. The number of hydrogen-bond acceptors (Lipinski definition) is 6. The smallest absolute Gasteiger partial charge is 0.317 e. The van der Waals surface area contributed by atoms with E-state index in [1.165, 1.54) is 6.92 Å². The number of carbonyl (C=O) groups excluding carboxylic acids is 2. The summed E-state index contributed by atoms with van der Waals surface area (Å²) in [6.07, 6.45) is 2.12. The van der Waals surface area contributed by atoms with Crippen LogP contribution in [0.3, 0.4) is 0 Å². The molecule has 30 heavy (non-hydrogen) atoms. The quantitative estimate of drug-likeness (QED) is 0.581. The Labute approximate surface area is 182 Å². The van der Waals surface area contributed by atoms with Crippen LogP contribution >= 0.6 is 11.3 Å². The van der Waals surface area contributed by atoms with Crippen molar-refractivity contribution < 1.29 is 19.1 Å². The van der Waals surface area contributed by atoms with Gasteiger partial charge in [0.2, 0.25) is 5.91 Å². The normalized spacial score (nSPS) is 24.1. The maximum atomic E-state index is 13.1. The number of morpholine rings is 1. The van der Waals surface area contributed by atoms with Gasteiger partial charge in [-0.1, -0.05) is 0 Å². The van der Waals surface area contributed by atoms with Gasteiger partial charge in [0.1, 0.15) is 0 Å². The van der Waals surface area contributed by atoms with Crippen LogP contribution in [0, 0.1) is 0 Å². The maximum Gasteiger partial charge on any atom is 0.317 e. The van der Waals surface area contributed by atoms with Crippen molar-refractivity contribution in [1.29, 1.82) is 0 Å². The molecule has 3 rings (SSSR count). The minimum Gasteiger partial charge on any atom is -0.379 e. The topological polar surface area (TPSA) is 83.1 Å². The van der Waals surface area contributed by atoms with Gasteiger partial charge in [0.25, 0.3) is 0 Å². The SMILES string of the molecule is CCOC1CC(CNC(=O)N(CCNC(C)=O)Cc2ccsc2)(N2CCOCC2)C1. The van der Waals surface area contributed by atoms with Gasteiger partial charge in [-0.05, 0) is 42.2 Å². The van der Waals surface area contributed by atoms with E-state index in [1.54, 1.807) is 16.2 Å². The zero-order valence-electron chi connectivity index (χ0n) is 18.0. The Kier molecular flexibility index (Phi) is 8.50. The Morgan fingerprint density at radius 1 is 1.33 bits per heavy atom. The maximum absolute atomic E-state index is 13.1. The van der Waals surface area contributed by atoms with E-state index in [-0.39, 0.29) is 23.6 Å². The first kappa shape index (κ1) is 23.0. The number of carbonyl (C=O) groups is 2. The molecule has 0 atom stereocenters. The van der Waals surface area contributed by atoms with Gasteiger partial charge >= 0.3 is 6.03 Å². The second-order valence-corrected chi connectivity index (χ2v) is 8.78. The van der Waals surface area contributed by atoms with Crippen LogP contribution in [0.25, 0.3) is 0 Å². The molecule has 3 amide bonds. The van der Waals surface area contributed by atoms with Crippen molar-refractivity contribution in [1.82, 2.24) is 20.4 Å². The molecule has 0 spiro atoms. The lowest BCUT2D eigenvalue weighted by molar-refractivity contribution is -0.124. The Morgan fingerprint density at radius 2 is 2.10 bits per heavy atom. The second-order valence-electron chi connectivity index (χ2n) is 8.00. The zero-order chi connectivity index (χ0) is 21.4. The van der Waals surface area contributed by atoms with Crippen LogP contribution in [-0.4, -0.2) is 85.9 Å². The highest BCUT2D eigenvalue weighted by Crippen LogP contribution is 2.40. The molecular weight excluding hydrogens is 404 g/mol. The molecule has 0 radical (unpaired) electrons. The van der Waals surface area contributed by atoms with Crippen molar-refractivity contribution in [2.45, 2.75) is 44.9 Å². The molecule has 168 valence electrons. The number of hydrogen-bond donors (Lipinski definition) is 2. The van der Waals surface area contributed by atoms with Crippen LogP contribution < -0.4 is 10.6 Å². The summed E-state index contributed by atoms with van der Waals surface area (Å²) in [6.45, 7) is 9.48. The van der Waals surface area contributed by atoms with Crippen LogP contribution in [0.4, 0.5) is 4.79 Å². The third-order valence-electron chi connectivity index (χ3n) is 5.86. The van der Waals surface area contributed by atoms with E-state index in [9.17, 15) is 9.59 Å². The monoisotopic (exact) mass is 438 g/mol. The largest absolute Gasteiger partial charge is 0.379 e. The van der Waals surface area contributed by atoms with Gasteiger partial charge < -0.3 is 25.0 Å². The van der Waals surface area contributed by atoms with E-state index in [2.05, 4.69) is 15.5 Å². The highest BCUT2D eigenvalue weighted by atomic mass is 32.1. The standard InChI is InChI=1S/C21H34N4O4S/c1-3-29-19-12-21(13-19,25-7-9-28-10-8-25)16-23-20(27)24(6-5-22-17(2)26)14-18-4-11-30-15-18/h4,11,15,19H,3,5-10,12-14,16H2,1-2H3,(H,22,26)(H,23,27). The van der Waals surface area contributed by atoms with Crippen molar-refractivity contribution >= 4 is 23.3 Å². The summed E-state index contributed by atoms with van der Waals surface area (Å²) in [6, 6.07) is 1.93. The third kappa shape index (κ3) is 6.16. The fourth-order valence-electron chi connectivity index (χ4n) is 4.27. The Morgan fingerprint density at radius 3 is 2.73 bits per heavy atom. The number of nitrogens with zero attached hydrogens (tertiary/aromatic N) is 2. The Bertz CT molecular complexity index is 673. The highest BCUT2D eigenvalue weighted by Gasteiger charge is 2.49. The first-order chi connectivity index (χ1) is 14.5. The average molecular weight is 439 g/mol. The van der Waals surface area contributed by atoms with Crippen molar-refractivity contribution in [3.05, 3.63) is 22.4 Å². The molecule has 2 heterocycles. The predicted molar refractivity (Wildman–Crippen MR) is 117 cm³/mol. The van der Waals surface area contributed by atoms with E-state index in [0.717, 1.165) is 44.7 Å². The van der Waals surface area contributed by atoms with E-state index in [1.807, 2.05) is 23.8 Å².